The summed E-state index contributed by atoms with van der Waals surface area (Å²) in [5, 5.41) is 4.25. The zero-order valence-electron chi connectivity index (χ0n) is 16.7. The van der Waals surface area contributed by atoms with Gasteiger partial charge in [0, 0.05) is 32.0 Å². The van der Waals surface area contributed by atoms with Crippen molar-refractivity contribution in [3.8, 4) is 0 Å². The molecule has 3 aromatic rings. The van der Waals surface area contributed by atoms with Crippen LogP contribution >= 0.6 is 0 Å². The van der Waals surface area contributed by atoms with Crippen LogP contribution in [-0.4, -0.2) is 29.7 Å². The van der Waals surface area contributed by atoms with Gasteiger partial charge in [0.2, 0.25) is 0 Å². The van der Waals surface area contributed by atoms with E-state index in [4.69, 9.17) is 5.73 Å². The number of rotatable bonds is 4. The maximum absolute atomic E-state index is 12.8. The molecule has 0 unspecified atom stereocenters. The number of aryl methyl sites for hydroxylation is 2. The minimum absolute atomic E-state index is 0.112. The minimum Gasteiger partial charge on any atom is -0.398 e. The second-order valence-corrected chi connectivity index (χ2v) is 8.97. The molecule has 0 fully saturated rings. The van der Waals surface area contributed by atoms with Crippen molar-refractivity contribution in [2.24, 2.45) is 7.05 Å². The van der Waals surface area contributed by atoms with Crippen LogP contribution in [0.15, 0.2) is 41.4 Å². The monoisotopic (exact) mass is 412 g/mol. The van der Waals surface area contributed by atoms with Gasteiger partial charge in [-0.3, -0.25) is 9.40 Å². The average Bonchev–Trinajstić information content (AvgIpc) is 2.94. The molecule has 3 heterocycles. The van der Waals surface area contributed by atoms with E-state index in [2.05, 4.69) is 25.8 Å². The first-order valence-electron chi connectivity index (χ1n) is 9.36. The van der Waals surface area contributed by atoms with Crippen LogP contribution in [0.4, 0.5) is 17.2 Å². The second-order valence-electron chi connectivity index (χ2n) is 7.28. The molecule has 0 radical (unpaired) electrons. The van der Waals surface area contributed by atoms with Crippen LogP contribution < -0.4 is 15.4 Å². The molecule has 0 saturated heterocycles. The Balaban J connectivity index is 1.56. The van der Waals surface area contributed by atoms with Gasteiger partial charge < -0.3 is 10.6 Å². The average molecular weight is 413 g/mol. The van der Waals surface area contributed by atoms with Crippen molar-refractivity contribution in [2.75, 3.05) is 21.9 Å². The summed E-state index contributed by atoms with van der Waals surface area (Å²) in [6.07, 6.45) is 2.27. The fraction of sp³-hybridized carbons (Fsp3) is 0.300. The van der Waals surface area contributed by atoms with E-state index in [0.29, 0.717) is 17.9 Å². The summed E-state index contributed by atoms with van der Waals surface area (Å²) < 4.78 is 29.9. The highest BCUT2D eigenvalue weighted by atomic mass is 32.2. The minimum atomic E-state index is -3.75. The molecule has 1 aliphatic rings. The SMILES string of the molecule is Cc1nn(C)c(C)c1NS(=O)(=O)c1ccc(N2CCc3cccc(N)c3C2)nc1. The van der Waals surface area contributed by atoms with Crippen molar-refractivity contribution in [3.05, 3.63) is 59.0 Å². The van der Waals surface area contributed by atoms with Gasteiger partial charge in [0.25, 0.3) is 10.0 Å². The van der Waals surface area contributed by atoms with E-state index in [1.165, 1.54) is 11.8 Å². The third kappa shape index (κ3) is 3.53. The van der Waals surface area contributed by atoms with E-state index in [1.807, 2.05) is 19.1 Å². The highest BCUT2D eigenvalue weighted by molar-refractivity contribution is 7.92. The van der Waals surface area contributed by atoms with Crippen LogP contribution in [0.5, 0.6) is 0 Å². The molecule has 2 aromatic heterocycles. The fourth-order valence-corrected chi connectivity index (χ4v) is 4.76. The topological polar surface area (TPSA) is 106 Å². The summed E-state index contributed by atoms with van der Waals surface area (Å²) in [7, 11) is -1.97. The largest absolute Gasteiger partial charge is 0.398 e. The van der Waals surface area contributed by atoms with Gasteiger partial charge in [-0.25, -0.2) is 13.4 Å². The first-order chi connectivity index (χ1) is 13.8. The maximum atomic E-state index is 12.8. The molecule has 4 rings (SSSR count). The summed E-state index contributed by atoms with van der Waals surface area (Å²) >= 11 is 0. The van der Waals surface area contributed by atoms with E-state index in [9.17, 15) is 8.42 Å². The van der Waals surface area contributed by atoms with Crippen molar-refractivity contribution in [3.63, 3.8) is 0 Å². The van der Waals surface area contributed by atoms with Crippen molar-refractivity contribution in [2.45, 2.75) is 31.7 Å². The summed E-state index contributed by atoms with van der Waals surface area (Å²) in [5.41, 5.74) is 11.1. The Labute approximate surface area is 170 Å². The number of anilines is 3. The lowest BCUT2D eigenvalue weighted by Crippen LogP contribution is -2.31. The van der Waals surface area contributed by atoms with Crippen molar-refractivity contribution >= 4 is 27.2 Å². The van der Waals surface area contributed by atoms with Gasteiger partial charge in [0.1, 0.15) is 10.7 Å². The van der Waals surface area contributed by atoms with E-state index >= 15 is 0 Å². The van der Waals surface area contributed by atoms with Crippen LogP contribution in [0.3, 0.4) is 0 Å². The van der Waals surface area contributed by atoms with Gasteiger partial charge in [-0.15, -0.1) is 0 Å². The number of fused-ring (bicyclic) bond motifs is 1. The summed E-state index contributed by atoms with van der Waals surface area (Å²) in [4.78, 5) is 6.63. The quantitative estimate of drug-likeness (QED) is 0.637. The number of nitrogens with zero attached hydrogens (tertiary/aromatic N) is 4. The molecule has 9 heteroatoms. The summed E-state index contributed by atoms with van der Waals surface area (Å²) in [6.45, 7) is 5.06. The number of benzene rings is 1. The lowest BCUT2D eigenvalue weighted by molar-refractivity contribution is 0.600. The number of hydrogen-bond acceptors (Lipinski definition) is 6. The molecule has 152 valence electrons. The molecule has 1 aromatic carbocycles. The molecular weight excluding hydrogens is 388 g/mol. The molecule has 0 aliphatic carbocycles. The molecule has 1 aliphatic heterocycles. The Bertz CT molecular complexity index is 1170. The van der Waals surface area contributed by atoms with E-state index in [1.54, 1.807) is 30.8 Å². The Morgan fingerprint density at radius 3 is 2.62 bits per heavy atom. The molecule has 3 N–H and O–H groups in total. The van der Waals surface area contributed by atoms with Crippen molar-refractivity contribution < 1.29 is 8.42 Å². The first kappa shape index (κ1) is 19.3. The predicted octanol–water partition coefficient (Wildman–Crippen LogP) is 2.38. The number of sulfonamides is 1. The molecule has 29 heavy (non-hydrogen) atoms. The van der Waals surface area contributed by atoms with Crippen LogP contribution in [0.25, 0.3) is 0 Å². The first-order valence-corrected chi connectivity index (χ1v) is 10.8. The van der Waals surface area contributed by atoms with Crippen LogP contribution in [0, 0.1) is 13.8 Å². The van der Waals surface area contributed by atoms with Crippen LogP contribution in [-0.2, 0) is 30.0 Å². The van der Waals surface area contributed by atoms with Crippen LogP contribution in [0.2, 0.25) is 0 Å². The van der Waals surface area contributed by atoms with E-state index in [-0.39, 0.29) is 4.90 Å². The molecular formula is C20H24N6O2S. The Morgan fingerprint density at radius 2 is 1.97 bits per heavy atom. The molecule has 0 bridgehead atoms. The number of hydrogen-bond donors (Lipinski definition) is 2. The lowest BCUT2D eigenvalue weighted by atomic mass is 9.98. The number of nitrogens with two attached hydrogens (primary N) is 1. The zero-order valence-corrected chi connectivity index (χ0v) is 17.5. The van der Waals surface area contributed by atoms with Crippen molar-refractivity contribution in [1.29, 1.82) is 0 Å². The third-order valence-electron chi connectivity index (χ3n) is 5.41. The number of nitrogens with one attached hydrogen (secondary N) is 1. The predicted molar refractivity (Wildman–Crippen MR) is 113 cm³/mol. The highest BCUT2D eigenvalue weighted by Gasteiger charge is 2.22. The van der Waals surface area contributed by atoms with Gasteiger partial charge >= 0.3 is 0 Å². The van der Waals surface area contributed by atoms with Gasteiger partial charge in [0.05, 0.1) is 17.1 Å². The summed E-state index contributed by atoms with van der Waals surface area (Å²) in [5.74, 6) is 0.728. The lowest BCUT2D eigenvalue weighted by Gasteiger charge is -2.30. The van der Waals surface area contributed by atoms with Gasteiger partial charge in [-0.05, 0) is 49.6 Å². The normalized spacial score (nSPS) is 14.0. The molecule has 8 nitrogen and oxygen atoms in total. The maximum Gasteiger partial charge on any atom is 0.263 e. The Morgan fingerprint density at radius 1 is 1.17 bits per heavy atom. The Hall–Kier alpha value is -3.07. The molecule has 0 atom stereocenters. The number of nitrogen functional groups attached to an aromatic ring is 1. The second kappa shape index (κ2) is 7.07. The van der Waals surface area contributed by atoms with Gasteiger partial charge in [-0.1, -0.05) is 12.1 Å². The van der Waals surface area contributed by atoms with E-state index < -0.39 is 10.0 Å². The summed E-state index contributed by atoms with van der Waals surface area (Å²) in [6, 6.07) is 9.29. The van der Waals surface area contributed by atoms with Crippen molar-refractivity contribution in [1.82, 2.24) is 14.8 Å². The van der Waals surface area contributed by atoms with Gasteiger partial charge in [-0.2, -0.15) is 5.10 Å². The Kier molecular flexibility index (Phi) is 4.70. The third-order valence-corrected chi connectivity index (χ3v) is 6.74. The smallest absolute Gasteiger partial charge is 0.263 e. The standard InChI is InChI=1S/C20H24N6O2S/c1-13-20(14(2)25(3)23-13)24-29(27,28)16-7-8-19(22-11-16)26-10-9-15-5-4-6-18(21)17(15)12-26/h4-8,11,24H,9-10,12,21H2,1-3H3. The highest BCUT2D eigenvalue weighted by Crippen LogP contribution is 2.28. The number of pyridine rings is 1. The molecule has 0 amide bonds. The zero-order chi connectivity index (χ0) is 20.8. The molecule has 0 spiro atoms. The van der Waals surface area contributed by atoms with Crippen LogP contribution in [0.1, 0.15) is 22.5 Å². The number of aromatic nitrogens is 3. The van der Waals surface area contributed by atoms with Gasteiger partial charge in [0.15, 0.2) is 0 Å². The van der Waals surface area contributed by atoms with E-state index in [0.717, 1.165) is 35.7 Å². The fourth-order valence-electron chi connectivity index (χ4n) is 3.64. The molecule has 0 saturated carbocycles.